The lowest BCUT2D eigenvalue weighted by molar-refractivity contribution is 0.0705. The first-order valence-electron chi connectivity index (χ1n) is 4.77. The van der Waals surface area contributed by atoms with Crippen molar-refractivity contribution in [2.24, 2.45) is 0 Å². The van der Waals surface area contributed by atoms with Crippen molar-refractivity contribution in [3.8, 4) is 0 Å². The molecular formula is C10H14N2O. The molecule has 0 bridgehead atoms. The third-order valence-electron chi connectivity index (χ3n) is 2.44. The van der Waals surface area contributed by atoms with Crippen LogP contribution in [0.5, 0.6) is 0 Å². The van der Waals surface area contributed by atoms with Gasteiger partial charge in [-0.05, 0) is 18.6 Å². The Balaban J connectivity index is 2.22. The molecule has 0 aliphatic carbocycles. The Labute approximate surface area is 78.0 Å². The topological polar surface area (TPSA) is 25.2 Å². The predicted molar refractivity (Wildman–Crippen MR) is 50.6 cm³/mol. The number of nitrogens with zero attached hydrogens (tertiary/aromatic N) is 2. The zero-order valence-corrected chi connectivity index (χ0v) is 7.86. The van der Waals surface area contributed by atoms with E-state index in [0.29, 0.717) is 0 Å². The summed E-state index contributed by atoms with van der Waals surface area (Å²) in [4.78, 5) is 13.7. The van der Waals surface area contributed by atoms with Crippen molar-refractivity contribution in [2.45, 2.75) is 19.9 Å². The van der Waals surface area contributed by atoms with E-state index >= 15 is 0 Å². The van der Waals surface area contributed by atoms with Crippen LogP contribution in [0.15, 0.2) is 18.3 Å². The number of carbonyl (C=O) groups is 1. The van der Waals surface area contributed by atoms with Gasteiger partial charge in [-0.3, -0.25) is 4.79 Å². The van der Waals surface area contributed by atoms with Crippen LogP contribution < -0.4 is 0 Å². The summed E-state index contributed by atoms with van der Waals surface area (Å²) in [6.07, 6.45) is 3.00. The van der Waals surface area contributed by atoms with Gasteiger partial charge in [-0.2, -0.15) is 0 Å². The number of carbonyl (C=O) groups excluding carboxylic acids is 1. The molecule has 70 valence electrons. The van der Waals surface area contributed by atoms with Crippen molar-refractivity contribution >= 4 is 5.91 Å². The zero-order valence-electron chi connectivity index (χ0n) is 7.86. The minimum Gasteiger partial charge on any atom is -0.342 e. The van der Waals surface area contributed by atoms with Gasteiger partial charge in [-0.25, -0.2) is 0 Å². The predicted octanol–water partition coefficient (Wildman–Crippen LogP) is 1.35. The standard InChI is InChI=1S/C10H14N2O/c1-2-5-12-8-7-11-6-3-4-9(11)10(12)13/h3-4,6H,2,5,7-8H2,1H3. The second-order valence-corrected chi connectivity index (χ2v) is 3.38. The average molecular weight is 178 g/mol. The van der Waals surface area contributed by atoms with Crippen LogP contribution in [-0.2, 0) is 6.54 Å². The summed E-state index contributed by atoms with van der Waals surface area (Å²) < 4.78 is 2.02. The van der Waals surface area contributed by atoms with E-state index in [1.54, 1.807) is 0 Å². The van der Waals surface area contributed by atoms with Crippen LogP contribution in [0.3, 0.4) is 0 Å². The monoisotopic (exact) mass is 178 g/mol. The fourth-order valence-corrected chi connectivity index (χ4v) is 1.78. The maximum absolute atomic E-state index is 11.8. The second kappa shape index (κ2) is 3.24. The Bertz CT molecular complexity index is 316. The molecule has 2 heterocycles. The molecule has 0 fully saturated rings. The summed E-state index contributed by atoms with van der Waals surface area (Å²) in [6, 6.07) is 3.83. The van der Waals surface area contributed by atoms with Gasteiger partial charge in [0, 0.05) is 25.8 Å². The van der Waals surface area contributed by atoms with Crippen molar-refractivity contribution in [2.75, 3.05) is 13.1 Å². The summed E-state index contributed by atoms with van der Waals surface area (Å²) in [5.74, 6) is 0.179. The van der Waals surface area contributed by atoms with Gasteiger partial charge in [0.2, 0.25) is 0 Å². The molecular weight excluding hydrogens is 164 g/mol. The Morgan fingerprint density at radius 2 is 2.31 bits per heavy atom. The number of hydrogen-bond acceptors (Lipinski definition) is 1. The highest BCUT2D eigenvalue weighted by Gasteiger charge is 2.22. The molecule has 3 nitrogen and oxygen atoms in total. The summed E-state index contributed by atoms with van der Waals surface area (Å²) in [5, 5.41) is 0. The van der Waals surface area contributed by atoms with Gasteiger partial charge in [0.15, 0.2) is 0 Å². The third kappa shape index (κ3) is 1.34. The lowest BCUT2D eigenvalue weighted by atomic mass is 10.2. The minimum absolute atomic E-state index is 0.179. The van der Waals surface area contributed by atoms with E-state index in [0.717, 1.165) is 31.7 Å². The first-order valence-corrected chi connectivity index (χ1v) is 4.77. The SMILES string of the molecule is CCCN1CCn2cccc2C1=O. The smallest absolute Gasteiger partial charge is 0.270 e. The molecule has 3 heteroatoms. The highest BCUT2D eigenvalue weighted by Crippen LogP contribution is 2.12. The zero-order chi connectivity index (χ0) is 9.26. The summed E-state index contributed by atoms with van der Waals surface area (Å²) in [7, 11) is 0. The number of hydrogen-bond donors (Lipinski definition) is 0. The van der Waals surface area contributed by atoms with E-state index in [2.05, 4.69) is 6.92 Å². The maximum atomic E-state index is 11.8. The molecule has 0 unspecified atom stereocenters. The highest BCUT2D eigenvalue weighted by atomic mass is 16.2. The molecule has 0 spiro atoms. The molecule has 1 aliphatic heterocycles. The lowest BCUT2D eigenvalue weighted by Crippen LogP contribution is -2.40. The molecule has 0 saturated heterocycles. The van der Waals surface area contributed by atoms with Crippen molar-refractivity contribution in [3.05, 3.63) is 24.0 Å². The van der Waals surface area contributed by atoms with Crippen LogP contribution in [0, 0.1) is 0 Å². The van der Waals surface area contributed by atoms with Crippen LogP contribution >= 0.6 is 0 Å². The maximum Gasteiger partial charge on any atom is 0.270 e. The fourth-order valence-electron chi connectivity index (χ4n) is 1.78. The van der Waals surface area contributed by atoms with Crippen LogP contribution in [0.2, 0.25) is 0 Å². The van der Waals surface area contributed by atoms with Gasteiger partial charge >= 0.3 is 0 Å². The van der Waals surface area contributed by atoms with Crippen LogP contribution in [-0.4, -0.2) is 28.5 Å². The van der Waals surface area contributed by atoms with Gasteiger partial charge < -0.3 is 9.47 Å². The largest absolute Gasteiger partial charge is 0.342 e. The quantitative estimate of drug-likeness (QED) is 0.671. The van der Waals surface area contributed by atoms with Crippen molar-refractivity contribution < 1.29 is 4.79 Å². The van der Waals surface area contributed by atoms with Gasteiger partial charge in [-0.1, -0.05) is 6.92 Å². The Hall–Kier alpha value is -1.25. The highest BCUT2D eigenvalue weighted by molar-refractivity contribution is 5.93. The molecule has 0 radical (unpaired) electrons. The van der Waals surface area contributed by atoms with E-state index in [4.69, 9.17) is 0 Å². The molecule has 1 aromatic rings. The van der Waals surface area contributed by atoms with Gasteiger partial charge in [-0.15, -0.1) is 0 Å². The Morgan fingerprint density at radius 3 is 3.08 bits per heavy atom. The molecule has 0 atom stereocenters. The van der Waals surface area contributed by atoms with E-state index in [1.165, 1.54) is 0 Å². The number of aromatic nitrogens is 1. The Kier molecular flexibility index (Phi) is 2.08. The van der Waals surface area contributed by atoms with Crippen LogP contribution in [0.4, 0.5) is 0 Å². The Morgan fingerprint density at radius 1 is 1.46 bits per heavy atom. The van der Waals surface area contributed by atoms with Crippen molar-refractivity contribution in [3.63, 3.8) is 0 Å². The lowest BCUT2D eigenvalue weighted by Gasteiger charge is -2.27. The molecule has 0 N–H and O–H groups in total. The number of amides is 1. The molecule has 1 aliphatic rings. The van der Waals surface area contributed by atoms with E-state index in [-0.39, 0.29) is 5.91 Å². The molecule has 1 aromatic heterocycles. The normalized spacial score (nSPS) is 16.1. The number of fused-ring (bicyclic) bond motifs is 1. The van der Waals surface area contributed by atoms with Gasteiger partial charge in [0.25, 0.3) is 5.91 Å². The fraction of sp³-hybridized carbons (Fsp3) is 0.500. The van der Waals surface area contributed by atoms with Crippen molar-refractivity contribution in [1.82, 2.24) is 9.47 Å². The second-order valence-electron chi connectivity index (χ2n) is 3.38. The van der Waals surface area contributed by atoms with Crippen LogP contribution in [0.1, 0.15) is 23.8 Å². The summed E-state index contributed by atoms with van der Waals surface area (Å²) in [6.45, 7) is 4.77. The van der Waals surface area contributed by atoms with E-state index < -0.39 is 0 Å². The molecule has 13 heavy (non-hydrogen) atoms. The van der Waals surface area contributed by atoms with Crippen molar-refractivity contribution in [1.29, 1.82) is 0 Å². The number of rotatable bonds is 2. The van der Waals surface area contributed by atoms with E-state index in [9.17, 15) is 4.79 Å². The van der Waals surface area contributed by atoms with Crippen LogP contribution in [0.25, 0.3) is 0 Å². The van der Waals surface area contributed by atoms with Gasteiger partial charge in [0.1, 0.15) is 5.69 Å². The first kappa shape index (κ1) is 8.35. The molecule has 0 saturated carbocycles. The summed E-state index contributed by atoms with van der Waals surface area (Å²) in [5.41, 5.74) is 0.833. The minimum atomic E-state index is 0.179. The molecule has 1 amide bonds. The summed E-state index contributed by atoms with van der Waals surface area (Å²) >= 11 is 0. The molecule has 0 aromatic carbocycles. The van der Waals surface area contributed by atoms with E-state index in [1.807, 2.05) is 27.8 Å². The third-order valence-corrected chi connectivity index (χ3v) is 2.44. The molecule has 2 rings (SSSR count). The average Bonchev–Trinajstić information content (AvgIpc) is 2.58. The van der Waals surface area contributed by atoms with Gasteiger partial charge in [0.05, 0.1) is 0 Å². The first-order chi connectivity index (χ1) is 6.33.